The van der Waals surface area contributed by atoms with Gasteiger partial charge in [0.2, 0.25) is 0 Å². The number of imidazole rings is 1. The molecule has 4 heteroatoms. The zero-order valence-corrected chi connectivity index (χ0v) is 12.2. The van der Waals surface area contributed by atoms with E-state index in [-0.39, 0.29) is 0 Å². The van der Waals surface area contributed by atoms with Crippen LogP contribution in [0.15, 0.2) is 18.3 Å². The Kier molecular flexibility index (Phi) is 3.69. The van der Waals surface area contributed by atoms with Crippen molar-refractivity contribution in [2.45, 2.75) is 45.6 Å². The van der Waals surface area contributed by atoms with Gasteiger partial charge in [-0.1, -0.05) is 26.2 Å². The third kappa shape index (κ3) is 2.73. The molecule has 3 nitrogen and oxygen atoms in total. The Morgan fingerprint density at radius 2 is 2.37 bits per heavy atom. The molecule has 0 saturated heterocycles. The van der Waals surface area contributed by atoms with Crippen LogP contribution >= 0.6 is 12.2 Å². The Morgan fingerprint density at radius 1 is 1.47 bits per heavy atom. The molecule has 2 aromatic heterocycles. The topological polar surface area (TPSA) is 33.6 Å². The molecular weight excluding hydrogens is 254 g/mol. The molecule has 0 radical (unpaired) electrons. The zero-order valence-electron chi connectivity index (χ0n) is 11.4. The highest BCUT2D eigenvalue weighted by Crippen LogP contribution is 2.31. The van der Waals surface area contributed by atoms with Gasteiger partial charge in [0.25, 0.3) is 0 Å². The Labute approximate surface area is 119 Å². The lowest BCUT2D eigenvalue weighted by Gasteiger charge is -2.26. The molecule has 102 valence electrons. The van der Waals surface area contributed by atoms with Crippen LogP contribution in [0, 0.1) is 16.6 Å². The molecule has 0 amide bonds. The van der Waals surface area contributed by atoms with Crippen LogP contribution in [0.3, 0.4) is 0 Å². The summed E-state index contributed by atoms with van der Waals surface area (Å²) in [6.45, 7) is 3.37. The van der Waals surface area contributed by atoms with Crippen LogP contribution < -0.4 is 0 Å². The van der Waals surface area contributed by atoms with Gasteiger partial charge in [-0.25, -0.2) is 4.98 Å². The Balaban J connectivity index is 1.75. The van der Waals surface area contributed by atoms with E-state index in [0.717, 1.165) is 34.3 Å². The second kappa shape index (κ2) is 5.45. The molecule has 2 heterocycles. The molecule has 0 bridgehead atoms. The quantitative estimate of drug-likeness (QED) is 0.847. The lowest BCUT2D eigenvalue weighted by Crippen LogP contribution is -2.15. The fourth-order valence-corrected chi connectivity index (χ4v) is 3.62. The van der Waals surface area contributed by atoms with Gasteiger partial charge >= 0.3 is 0 Å². The first kappa shape index (κ1) is 12.9. The standard InChI is InChI=1S/C15H21N3S/c1-11-4-2-5-12(10-11)7-9-18-14-13(17-15(18)19)6-3-8-16-14/h3,6,8,11-12H,2,4-5,7,9-10H2,1H3,(H,17,19). The molecule has 0 aromatic carbocycles. The van der Waals surface area contributed by atoms with Crippen molar-refractivity contribution >= 4 is 23.4 Å². The molecule has 1 aliphatic carbocycles. The van der Waals surface area contributed by atoms with Crippen LogP contribution in [0.25, 0.3) is 11.2 Å². The Bertz CT molecular complexity index is 613. The summed E-state index contributed by atoms with van der Waals surface area (Å²) >= 11 is 5.41. The predicted molar refractivity (Wildman–Crippen MR) is 80.7 cm³/mol. The number of hydrogen-bond acceptors (Lipinski definition) is 2. The number of rotatable bonds is 3. The van der Waals surface area contributed by atoms with Crippen LogP contribution in [0.4, 0.5) is 0 Å². The van der Waals surface area contributed by atoms with Gasteiger partial charge < -0.3 is 9.55 Å². The second-order valence-corrected chi connectivity index (χ2v) is 6.27. The van der Waals surface area contributed by atoms with E-state index in [9.17, 15) is 0 Å². The number of fused-ring (bicyclic) bond motifs is 1. The van der Waals surface area contributed by atoms with Crippen molar-refractivity contribution in [3.8, 4) is 0 Å². The van der Waals surface area contributed by atoms with Crippen LogP contribution in [-0.2, 0) is 6.54 Å². The third-order valence-corrected chi connectivity index (χ3v) is 4.66. The summed E-state index contributed by atoms with van der Waals surface area (Å²) < 4.78 is 2.96. The summed E-state index contributed by atoms with van der Waals surface area (Å²) in [5, 5.41) is 0. The van der Waals surface area contributed by atoms with Crippen molar-refractivity contribution in [3.63, 3.8) is 0 Å². The van der Waals surface area contributed by atoms with Crippen molar-refractivity contribution in [3.05, 3.63) is 23.1 Å². The highest BCUT2D eigenvalue weighted by molar-refractivity contribution is 7.71. The molecule has 0 aliphatic heterocycles. The minimum atomic E-state index is 0.803. The SMILES string of the molecule is CC1CCCC(CCn2c(=S)[nH]c3cccnc32)C1. The number of aromatic nitrogens is 3. The smallest absolute Gasteiger partial charge is 0.179 e. The highest BCUT2D eigenvalue weighted by Gasteiger charge is 2.19. The van der Waals surface area contributed by atoms with Crippen molar-refractivity contribution < 1.29 is 0 Å². The van der Waals surface area contributed by atoms with Gasteiger partial charge in [-0.15, -0.1) is 0 Å². The lowest BCUT2D eigenvalue weighted by molar-refractivity contribution is 0.261. The second-order valence-electron chi connectivity index (χ2n) is 5.88. The molecule has 1 saturated carbocycles. The van der Waals surface area contributed by atoms with Crippen molar-refractivity contribution in [1.29, 1.82) is 0 Å². The Morgan fingerprint density at radius 3 is 3.21 bits per heavy atom. The molecule has 0 spiro atoms. The minimum Gasteiger partial charge on any atom is -0.329 e. The fourth-order valence-electron chi connectivity index (χ4n) is 3.33. The monoisotopic (exact) mass is 275 g/mol. The van der Waals surface area contributed by atoms with Gasteiger partial charge in [0.15, 0.2) is 10.4 Å². The summed E-state index contributed by atoms with van der Waals surface area (Å²) in [5.74, 6) is 1.76. The normalized spacial score (nSPS) is 23.8. The van der Waals surface area contributed by atoms with Gasteiger partial charge in [-0.05, 0) is 49.0 Å². The summed E-state index contributed by atoms with van der Waals surface area (Å²) in [7, 11) is 0. The summed E-state index contributed by atoms with van der Waals surface area (Å²) in [4.78, 5) is 7.68. The number of pyridine rings is 1. The lowest BCUT2D eigenvalue weighted by atomic mass is 9.81. The number of nitrogens with zero attached hydrogens (tertiary/aromatic N) is 2. The molecular formula is C15H21N3S. The van der Waals surface area contributed by atoms with E-state index in [1.54, 1.807) is 0 Å². The zero-order chi connectivity index (χ0) is 13.2. The summed E-state index contributed by atoms with van der Waals surface area (Å²) in [6, 6.07) is 3.98. The maximum atomic E-state index is 5.41. The van der Waals surface area contributed by atoms with Crippen molar-refractivity contribution in [2.24, 2.45) is 11.8 Å². The largest absolute Gasteiger partial charge is 0.329 e. The number of H-pyrrole nitrogens is 1. The first-order valence-corrected chi connectivity index (χ1v) is 7.68. The van der Waals surface area contributed by atoms with E-state index in [1.807, 2.05) is 18.3 Å². The van der Waals surface area contributed by atoms with Crippen LogP contribution in [0.5, 0.6) is 0 Å². The third-order valence-electron chi connectivity index (χ3n) is 4.34. The number of nitrogens with one attached hydrogen (secondary N) is 1. The van der Waals surface area contributed by atoms with E-state index in [0.29, 0.717) is 0 Å². The minimum absolute atomic E-state index is 0.803. The van der Waals surface area contributed by atoms with E-state index in [1.165, 1.54) is 32.1 Å². The van der Waals surface area contributed by atoms with Crippen molar-refractivity contribution in [2.75, 3.05) is 0 Å². The molecule has 2 aromatic rings. The highest BCUT2D eigenvalue weighted by atomic mass is 32.1. The first-order valence-electron chi connectivity index (χ1n) is 7.27. The first-order chi connectivity index (χ1) is 9.24. The van der Waals surface area contributed by atoms with E-state index >= 15 is 0 Å². The van der Waals surface area contributed by atoms with Crippen LogP contribution in [-0.4, -0.2) is 14.5 Å². The van der Waals surface area contributed by atoms with Crippen LogP contribution in [0.2, 0.25) is 0 Å². The fraction of sp³-hybridized carbons (Fsp3) is 0.600. The van der Waals surface area contributed by atoms with E-state index in [4.69, 9.17) is 12.2 Å². The van der Waals surface area contributed by atoms with Gasteiger partial charge in [-0.3, -0.25) is 0 Å². The molecule has 2 atom stereocenters. The summed E-state index contributed by atoms with van der Waals surface area (Å²) in [6.07, 6.45) is 8.62. The summed E-state index contributed by atoms with van der Waals surface area (Å²) in [5.41, 5.74) is 2.04. The number of aryl methyl sites for hydroxylation is 1. The Hall–Kier alpha value is -1.16. The molecule has 1 aliphatic rings. The predicted octanol–water partition coefficient (Wildman–Crippen LogP) is 4.31. The van der Waals surface area contributed by atoms with Crippen molar-refractivity contribution in [1.82, 2.24) is 14.5 Å². The average Bonchev–Trinajstić information content (AvgIpc) is 2.72. The maximum Gasteiger partial charge on any atom is 0.179 e. The maximum absolute atomic E-state index is 5.41. The molecule has 1 fully saturated rings. The molecule has 3 rings (SSSR count). The van der Waals surface area contributed by atoms with E-state index in [2.05, 4.69) is 21.5 Å². The average molecular weight is 275 g/mol. The van der Waals surface area contributed by atoms with E-state index < -0.39 is 0 Å². The van der Waals surface area contributed by atoms with Gasteiger partial charge in [0.1, 0.15) is 0 Å². The van der Waals surface area contributed by atoms with Gasteiger partial charge in [-0.2, -0.15) is 0 Å². The number of hydrogen-bond donors (Lipinski definition) is 1. The molecule has 19 heavy (non-hydrogen) atoms. The molecule has 2 unspecified atom stereocenters. The van der Waals surface area contributed by atoms with Gasteiger partial charge in [0, 0.05) is 12.7 Å². The molecule has 1 N–H and O–H groups in total. The van der Waals surface area contributed by atoms with Gasteiger partial charge in [0.05, 0.1) is 5.52 Å². The number of aromatic amines is 1. The van der Waals surface area contributed by atoms with Crippen LogP contribution in [0.1, 0.15) is 39.0 Å².